The second kappa shape index (κ2) is 10.1. The van der Waals surface area contributed by atoms with E-state index < -0.39 is 6.04 Å². The Kier molecular flexibility index (Phi) is 7.05. The van der Waals surface area contributed by atoms with Gasteiger partial charge in [0.1, 0.15) is 6.04 Å². The second-order valence-corrected chi connectivity index (χ2v) is 9.60. The van der Waals surface area contributed by atoms with Crippen molar-refractivity contribution in [2.45, 2.75) is 58.0 Å². The van der Waals surface area contributed by atoms with E-state index >= 15 is 0 Å². The molecule has 0 unspecified atom stereocenters. The standard InChI is InChI=1S/C27H30N2O2S/c1-19-10-8-11-20(2)25(19)29(24(30)18-23-16-9-17-32-23)26(21-12-4-3-5-13-21)27(31)28-22-14-6-7-15-22/h3-5,8-13,16-17,22,26H,6-7,14-15,18H2,1-2H3,(H,28,31)/t26-/m1/s1. The van der Waals surface area contributed by atoms with Crippen LogP contribution in [0.15, 0.2) is 66.0 Å². The molecule has 0 spiro atoms. The molecule has 3 aromatic rings. The third-order valence-electron chi connectivity index (χ3n) is 6.18. The Bertz CT molecular complexity index is 1040. The van der Waals surface area contributed by atoms with Gasteiger partial charge in [0.25, 0.3) is 0 Å². The van der Waals surface area contributed by atoms with Gasteiger partial charge in [0.15, 0.2) is 0 Å². The van der Waals surface area contributed by atoms with E-state index in [0.29, 0.717) is 0 Å². The molecule has 5 heteroatoms. The van der Waals surface area contributed by atoms with E-state index in [4.69, 9.17) is 0 Å². The number of carbonyl (C=O) groups is 2. The lowest BCUT2D eigenvalue weighted by molar-refractivity contribution is -0.127. The lowest BCUT2D eigenvalue weighted by atomic mass is 9.99. The van der Waals surface area contributed by atoms with Crippen molar-refractivity contribution in [3.63, 3.8) is 0 Å². The zero-order chi connectivity index (χ0) is 22.5. The van der Waals surface area contributed by atoms with Crippen LogP contribution in [0.5, 0.6) is 0 Å². The zero-order valence-electron chi connectivity index (χ0n) is 18.7. The van der Waals surface area contributed by atoms with Crippen LogP contribution in [0.1, 0.15) is 53.3 Å². The van der Waals surface area contributed by atoms with Gasteiger partial charge in [-0.1, -0.05) is 67.4 Å². The summed E-state index contributed by atoms with van der Waals surface area (Å²) in [4.78, 5) is 30.3. The van der Waals surface area contributed by atoms with Crippen LogP contribution in [0, 0.1) is 13.8 Å². The van der Waals surface area contributed by atoms with Crippen molar-refractivity contribution in [1.82, 2.24) is 5.32 Å². The number of rotatable bonds is 7. The predicted molar refractivity (Wildman–Crippen MR) is 131 cm³/mol. The van der Waals surface area contributed by atoms with Gasteiger partial charge in [-0.25, -0.2) is 0 Å². The first-order valence-electron chi connectivity index (χ1n) is 11.3. The average molecular weight is 447 g/mol. The molecule has 1 aromatic heterocycles. The number of hydrogen-bond acceptors (Lipinski definition) is 3. The van der Waals surface area contributed by atoms with Crippen molar-refractivity contribution in [2.75, 3.05) is 4.90 Å². The van der Waals surface area contributed by atoms with Gasteiger partial charge in [0.05, 0.1) is 12.1 Å². The quantitative estimate of drug-likeness (QED) is 0.503. The van der Waals surface area contributed by atoms with E-state index in [9.17, 15) is 9.59 Å². The molecule has 166 valence electrons. The normalized spacial score (nSPS) is 14.8. The molecule has 0 radical (unpaired) electrons. The largest absolute Gasteiger partial charge is 0.351 e. The first-order valence-corrected chi connectivity index (χ1v) is 12.2. The van der Waals surface area contributed by atoms with E-state index in [0.717, 1.165) is 52.9 Å². The average Bonchev–Trinajstić information content (AvgIpc) is 3.48. The summed E-state index contributed by atoms with van der Waals surface area (Å²) in [5.41, 5.74) is 3.62. The summed E-state index contributed by atoms with van der Waals surface area (Å²) in [6, 6.07) is 19.1. The first kappa shape index (κ1) is 22.3. The summed E-state index contributed by atoms with van der Waals surface area (Å²) in [5, 5.41) is 5.23. The molecule has 32 heavy (non-hydrogen) atoms. The Morgan fingerprint density at radius 3 is 2.28 bits per heavy atom. The highest BCUT2D eigenvalue weighted by molar-refractivity contribution is 7.10. The summed E-state index contributed by atoms with van der Waals surface area (Å²) in [7, 11) is 0. The van der Waals surface area contributed by atoms with Crippen LogP contribution < -0.4 is 10.2 Å². The van der Waals surface area contributed by atoms with Crippen molar-refractivity contribution in [3.05, 3.63) is 87.6 Å². The van der Waals surface area contributed by atoms with Crippen molar-refractivity contribution in [2.24, 2.45) is 0 Å². The fourth-order valence-corrected chi connectivity index (χ4v) is 5.33. The van der Waals surface area contributed by atoms with Gasteiger partial charge >= 0.3 is 0 Å². The summed E-state index contributed by atoms with van der Waals surface area (Å²) in [5.74, 6) is -0.175. The molecular formula is C27H30N2O2S. The Hall–Kier alpha value is -2.92. The second-order valence-electron chi connectivity index (χ2n) is 8.56. The van der Waals surface area contributed by atoms with E-state index in [2.05, 4.69) is 5.32 Å². The maximum atomic E-state index is 13.8. The SMILES string of the molecule is Cc1cccc(C)c1N(C(=O)Cc1cccs1)[C@@H](C(=O)NC1CCCC1)c1ccccc1. The highest BCUT2D eigenvalue weighted by Crippen LogP contribution is 2.34. The van der Waals surface area contributed by atoms with Crippen molar-refractivity contribution in [3.8, 4) is 0 Å². The van der Waals surface area contributed by atoms with Gasteiger partial charge in [-0.3, -0.25) is 14.5 Å². The minimum atomic E-state index is -0.718. The molecule has 0 aliphatic heterocycles. The van der Waals surface area contributed by atoms with Crippen LogP contribution >= 0.6 is 11.3 Å². The number of thiophene rings is 1. The molecule has 4 nitrogen and oxygen atoms in total. The Morgan fingerprint density at radius 1 is 0.969 bits per heavy atom. The van der Waals surface area contributed by atoms with Crippen molar-refractivity contribution < 1.29 is 9.59 Å². The third-order valence-corrected chi connectivity index (χ3v) is 7.05. The molecule has 1 aliphatic carbocycles. The van der Waals surface area contributed by atoms with E-state index in [1.807, 2.05) is 79.9 Å². The highest BCUT2D eigenvalue weighted by atomic mass is 32.1. The van der Waals surface area contributed by atoms with E-state index in [-0.39, 0.29) is 24.3 Å². The number of benzene rings is 2. The molecule has 2 aromatic carbocycles. The van der Waals surface area contributed by atoms with Crippen LogP contribution in [-0.2, 0) is 16.0 Å². The summed E-state index contributed by atoms with van der Waals surface area (Å²) in [6.07, 6.45) is 4.54. The molecule has 4 rings (SSSR count). The van der Waals surface area contributed by atoms with Gasteiger partial charge in [0, 0.05) is 10.9 Å². The smallest absolute Gasteiger partial charge is 0.248 e. The predicted octanol–water partition coefficient (Wildman–Crippen LogP) is 5.74. The molecule has 1 aliphatic rings. The summed E-state index contributed by atoms with van der Waals surface area (Å²) < 4.78 is 0. The minimum absolute atomic E-state index is 0.0692. The lowest BCUT2D eigenvalue weighted by Gasteiger charge is -2.34. The third kappa shape index (κ3) is 4.94. The summed E-state index contributed by atoms with van der Waals surface area (Å²) >= 11 is 1.57. The lowest BCUT2D eigenvalue weighted by Crippen LogP contribution is -2.47. The number of hydrogen-bond donors (Lipinski definition) is 1. The Balaban J connectivity index is 1.79. The van der Waals surface area contributed by atoms with Crippen molar-refractivity contribution in [1.29, 1.82) is 0 Å². The molecule has 1 saturated carbocycles. The molecule has 1 fully saturated rings. The van der Waals surface area contributed by atoms with Gasteiger partial charge in [-0.2, -0.15) is 0 Å². The molecule has 0 bridgehead atoms. The number of nitrogens with one attached hydrogen (secondary N) is 1. The first-order chi connectivity index (χ1) is 15.5. The number of nitrogens with zero attached hydrogens (tertiary/aromatic N) is 1. The molecular weight excluding hydrogens is 416 g/mol. The number of anilines is 1. The maximum absolute atomic E-state index is 13.8. The highest BCUT2D eigenvalue weighted by Gasteiger charge is 2.35. The molecule has 1 atom stereocenters. The monoisotopic (exact) mass is 446 g/mol. The van der Waals surface area contributed by atoms with Crippen molar-refractivity contribution >= 4 is 28.8 Å². The fourth-order valence-electron chi connectivity index (χ4n) is 4.63. The molecule has 2 amide bonds. The number of amides is 2. The van der Waals surface area contributed by atoms with Gasteiger partial charge in [0.2, 0.25) is 11.8 Å². The molecule has 1 heterocycles. The van der Waals surface area contributed by atoms with Crippen LogP contribution in [0.25, 0.3) is 0 Å². The zero-order valence-corrected chi connectivity index (χ0v) is 19.5. The number of para-hydroxylation sites is 1. The number of aryl methyl sites for hydroxylation is 2. The fraction of sp³-hybridized carbons (Fsp3) is 0.333. The molecule has 1 N–H and O–H groups in total. The maximum Gasteiger partial charge on any atom is 0.248 e. The number of carbonyl (C=O) groups excluding carboxylic acids is 2. The van der Waals surface area contributed by atoms with Gasteiger partial charge in [-0.05, 0) is 54.8 Å². The van der Waals surface area contributed by atoms with Crippen LogP contribution in [0.4, 0.5) is 5.69 Å². The summed E-state index contributed by atoms with van der Waals surface area (Å²) in [6.45, 7) is 4.01. The van der Waals surface area contributed by atoms with E-state index in [1.165, 1.54) is 0 Å². The Morgan fingerprint density at radius 2 is 1.66 bits per heavy atom. The van der Waals surface area contributed by atoms with Crippen LogP contribution in [0.2, 0.25) is 0 Å². The van der Waals surface area contributed by atoms with Gasteiger partial charge in [-0.15, -0.1) is 11.3 Å². The van der Waals surface area contributed by atoms with Gasteiger partial charge < -0.3 is 5.32 Å². The van der Waals surface area contributed by atoms with Crippen LogP contribution in [-0.4, -0.2) is 17.9 Å². The molecule has 0 saturated heterocycles. The minimum Gasteiger partial charge on any atom is -0.351 e. The topological polar surface area (TPSA) is 49.4 Å². The van der Waals surface area contributed by atoms with Crippen LogP contribution in [0.3, 0.4) is 0 Å². The Labute approximate surface area is 194 Å². The van der Waals surface area contributed by atoms with E-state index in [1.54, 1.807) is 16.2 Å².